The Morgan fingerprint density at radius 1 is 1.12 bits per heavy atom. The number of nitrogen functional groups attached to an aromatic ring is 1. The summed E-state index contributed by atoms with van der Waals surface area (Å²) in [7, 11) is 0. The largest absolute Gasteiger partial charge is 0.326 e. The molecule has 17 heavy (non-hydrogen) atoms. The summed E-state index contributed by atoms with van der Waals surface area (Å²) in [5.41, 5.74) is 5.20. The first-order chi connectivity index (χ1) is 8.38. The molecule has 86 valence electrons. The third-order valence-corrected chi connectivity index (χ3v) is 3.05. The lowest BCUT2D eigenvalue weighted by Crippen LogP contribution is -2.16. The van der Waals surface area contributed by atoms with Crippen LogP contribution >= 0.6 is 0 Å². The monoisotopic (exact) mass is 226 g/mol. The number of nitrogens with one attached hydrogen (secondary N) is 1. The third kappa shape index (κ3) is 1.72. The van der Waals surface area contributed by atoms with Gasteiger partial charge in [0.15, 0.2) is 0 Å². The molecule has 4 heteroatoms. The van der Waals surface area contributed by atoms with E-state index in [0.29, 0.717) is 5.82 Å². The maximum absolute atomic E-state index is 5.38. The van der Waals surface area contributed by atoms with Crippen molar-refractivity contribution >= 4 is 17.3 Å². The second-order valence-electron chi connectivity index (χ2n) is 4.06. The number of pyridine rings is 1. The minimum atomic E-state index is 0.687. The zero-order valence-corrected chi connectivity index (χ0v) is 9.43. The molecule has 1 aromatic heterocycles. The molecule has 1 aliphatic rings. The number of para-hydroxylation sites is 1. The van der Waals surface area contributed by atoms with Gasteiger partial charge in [0.05, 0.1) is 0 Å². The van der Waals surface area contributed by atoms with Crippen LogP contribution in [0.3, 0.4) is 0 Å². The molecule has 0 unspecified atom stereocenters. The summed E-state index contributed by atoms with van der Waals surface area (Å²) in [5, 5.41) is 0. The number of benzene rings is 1. The molecule has 0 bridgehead atoms. The van der Waals surface area contributed by atoms with E-state index < -0.39 is 0 Å². The minimum absolute atomic E-state index is 0.687. The number of nitrogens with zero attached hydrogens (tertiary/aromatic N) is 2. The van der Waals surface area contributed by atoms with Crippen molar-refractivity contribution in [1.29, 1.82) is 0 Å². The topological polar surface area (TPSA) is 54.2 Å². The Kier molecular flexibility index (Phi) is 2.42. The Morgan fingerprint density at radius 2 is 2.00 bits per heavy atom. The number of hydrogen-bond donors (Lipinski definition) is 2. The van der Waals surface area contributed by atoms with Crippen LogP contribution < -0.4 is 16.2 Å². The van der Waals surface area contributed by atoms with Gasteiger partial charge in [0.2, 0.25) is 0 Å². The fourth-order valence-corrected chi connectivity index (χ4v) is 2.23. The zero-order valence-electron chi connectivity index (χ0n) is 9.43. The van der Waals surface area contributed by atoms with Crippen molar-refractivity contribution in [2.24, 2.45) is 5.84 Å². The number of hydrogen-bond acceptors (Lipinski definition) is 4. The Bertz CT molecular complexity index is 538. The lowest BCUT2D eigenvalue weighted by molar-refractivity contribution is 0.973. The Balaban J connectivity index is 2.01. The van der Waals surface area contributed by atoms with Crippen molar-refractivity contribution in [3.05, 3.63) is 48.0 Å². The third-order valence-electron chi connectivity index (χ3n) is 3.05. The first-order valence-electron chi connectivity index (χ1n) is 5.67. The van der Waals surface area contributed by atoms with Gasteiger partial charge in [0, 0.05) is 12.2 Å². The smallest absolute Gasteiger partial charge is 0.142 e. The number of rotatable bonds is 2. The predicted octanol–water partition coefficient (Wildman–Crippen LogP) is 2.06. The second-order valence-corrected chi connectivity index (χ2v) is 4.06. The Hall–Kier alpha value is -2.07. The lowest BCUT2D eigenvalue weighted by atomic mass is 10.2. The van der Waals surface area contributed by atoms with Crippen LogP contribution in [0.1, 0.15) is 5.56 Å². The highest BCUT2D eigenvalue weighted by molar-refractivity contribution is 5.68. The second kappa shape index (κ2) is 4.07. The highest BCUT2D eigenvalue weighted by atomic mass is 15.3. The summed E-state index contributed by atoms with van der Waals surface area (Å²) in [6, 6.07) is 14.2. The van der Waals surface area contributed by atoms with Gasteiger partial charge in [-0.2, -0.15) is 0 Å². The first-order valence-corrected chi connectivity index (χ1v) is 5.67. The predicted molar refractivity (Wildman–Crippen MR) is 69.2 cm³/mol. The van der Waals surface area contributed by atoms with E-state index >= 15 is 0 Å². The van der Waals surface area contributed by atoms with Crippen LogP contribution in [0.2, 0.25) is 0 Å². The quantitative estimate of drug-likeness (QED) is 0.608. The molecule has 4 nitrogen and oxygen atoms in total. The van der Waals surface area contributed by atoms with Crippen molar-refractivity contribution in [3.8, 4) is 0 Å². The fourth-order valence-electron chi connectivity index (χ4n) is 2.23. The highest BCUT2D eigenvalue weighted by Crippen LogP contribution is 2.33. The van der Waals surface area contributed by atoms with E-state index in [9.17, 15) is 0 Å². The molecule has 2 heterocycles. The Labute approximate surface area is 100 Å². The standard InChI is InChI=1S/C13H14N4/c14-16-12-6-3-7-13(15-12)17-9-8-10-4-1-2-5-11(10)17/h1-7H,8-9,14H2,(H,15,16). The van der Waals surface area contributed by atoms with Gasteiger partial charge >= 0.3 is 0 Å². The van der Waals surface area contributed by atoms with E-state index in [2.05, 4.69) is 39.6 Å². The molecule has 0 amide bonds. The van der Waals surface area contributed by atoms with Crippen molar-refractivity contribution in [3.63, 3.8) is 0 Å². The molecule has 0 radical (unpaired) electrons. The summed E-state index contributed by atoms with van der Waals surface area (Å²) < 4.78 is 0. The average molecular weight is 226 g/mol. The number of anilines is 3. The first kappa shape index (κ1) is 10.1. The van der Waals surface area contributed by atoms with Crippen molar-refractivity contribution in [1.82, 2.24) is 4.98 Å². The molecule has 0 aliphatic carbocycles. The number of fused-ring (bicyclic) bond motifs is 1. The number of nitrogens with two attached hydrogens (primary N) is 1. The van der Waals surface area contributed by atoms with Crippen LogP contribution in [-0.4, -0.2) is 11.5 Å². The summed E-state index contributed by atoms with van der Waals surface area (Å²) in [6.45, 7) is 0.973. The van der Waals surface area contributed by atoms with Crippen molar-refractivity contribution in [2.45, 2.75) is 6.42 Å². The molecule has 0 fully saturated rings. The van der Waals surface area contributed by atoms with E-state index in [-0.39, 0.29) is 0 Å². The van der Waals surface area contributed by atoms with Crippen LogP contribution in [0.4, 0.5) is 17.3 Å². The van der Waals surface area contributed by atoms with Gasteiger partial charge < -0.3 is 10.3 Å². The number of aromatic nitrogens is 1. The van der Waals surface area contributed by atoms with Gasteiger partial charge in [-0.15, -0.1) is 0 Å². The highest BCUT2D eigenvalue weighted by Gasteiger charge is 2.20. The summed E-state index contributed by atoms with van der Waals surface area (Å²) in [4.78, 5) is 6.68. The Morgan fingerprint density at radius 3 is 2.88 bits per heavy atom. The SMILES string of the molecule is NNc1cccc(N2CCc3ccccc32)n1. The molecular weight excluding hydrogens is 212 g/mol. The summed E-state index contributed by atoms with van der Waals surface area (Å²) >= 11 is 0. The van der Waals surface area contributed by atoms with E-state index in [0.717, 1.165) is 18.8 Å². The van der Waals surface area contributed by atoms with Crippen LogP contribution in [0.25, 0.3) is 0 Å². The molecular formula is C13H14N4. The maximum atomic E-state index is 5.38. The zero-order chi connectivity index (χ0) is 11.7. The van der Waals surface area contributed by atoms with Crippen LogP contribution in [0.15, 0.2) is 42.5 Å². The van der Waals surface area contributed by atoms with Gasteiger partial charge in [0.25, 0.3) is 0 Å². The van der Waals surface area contributed by atoms with Gasteiger partial charge in [-0.05, 0) is 30.2 Å². The van der Waals surface area contributed by atoms with Crippen LogP contribution in [0.5, 0.6) is 0 Å². The van der Waals surface area contributed by atoms with Crippen molar-refractivity contribution < 1.29 is 0 Å². The molecule has 0 atom stereocenters. The van der Waals surface area contributed by atoms with Gasteiger partial charge in [-0.25, -0.2) is 10.8 Å². The molecule has 1 aliphatic heterocycles. The molecule has 2 aromatic rings. The average Bonchev–Trinajstić information content (AvgIpc) is 2.82. The molecule has 0 saturated carbocycles. The number of hydrazine groups is 1. The van der Waals surface area contributed by atoms with E-state index in [1.807, 2.05) is 18.2 Å². The minimum Gasteiger partial charge on any atom is -0.326 e. The normalized spacial score (nSPS) is 13.6. The van der Waals surface area contributed by atoms with Crippen molar-refractivity contribution in [2.75, 3.05) is 16.9 Å². The van der Waals surface area contributed by atoms with Gasteiger partial charge in [-0.1, -0.05) is 24.3 Å². The molecule has 3 rings (SSSR count). The maximum Gasteiger partial charge on any atom is 0.142 e. The van der Waals surface area contributed by atoms with Crippen LogP contribution in [0, 0.1) is 0 Å². The molecule has 3 N–H and O–H groups in total. The lowest BCUT2D eigenvalue weighted by Gasteiger charge is -2.18. The summed E-state index contributed by atoms with van der Waals surface area (Å²) in [6.07, 6.45) is 1.07. The van der Waals surface area contributed by atoms with E-state index in [1.165, 1.54) is 11.3 Å². The molecule has 0 saturated heterocycles. The van der Waals surface area contributed by atoms with Crippen LogP contribution in [-0.2, 0) is 6.42 Å². The van der Waals surface area contributed by atoms with Gasteiger partial charge in [-0.3, -0.25) is 0 Å². The van der Waals surface area contributed by atoms with E-state index in [4.69, 9.17) is 5.84 Å². The summed E-state index contributed by atoms with van der Waals surface area (Å²) in [5.74, 6) is 7.00. The van der Waals surface area contributed by atoms with Gasteiger partial charge in [0.1, 0.15) is 11.6 Å². The molecule has 0 spiro atoms. The van der Waals surface area contributed by atoms with E-state index in [1.54, 1.807) is 0 Å². The fraction of sp³-hybridized carbons (Fsp3) is 0.154. The molecule has 1 aromatic carbocycles.